The summed E-state index contributed by atoms with van der Waals surface area (Å²) in [5, 5.41) is 5.53. The van der Waals surface area contributed by atoms with Crippen LogP contribution >= 0.6 is 11.6 Å². The van der Waals surface area contributed by atoms with Crippen LogP contribution in [0.5, 0.6) is 5.75 Å². The lowest BCUT2D eigenvalue weighted by Crippen LogP contribution is -2.35. The topological polar surface area (TPSA) is 120 Å². The molecular formula is C23H28ClN3O5. The van der Waals surface area contributed by atoms with Gasteiger partial charge in [-0.3, -0.25) is 9.59 Å². The van der Waals surface area contributed by atoms with E-state index in [1.54, 1.807) is 30.3 Å². The summed E-state index contributed by atoms with van der Waals surface area (Å²) in [4.78, 5) is 36.0. The Hall–Kier alpha value is -3.26. The number of ether oxygens (including phenoxy) is 2. The number of amides is 3. The van der Waals surface area contributed by atoms with Gasteiger partial charge >= 0.3 is 12.0 Å². The molecule has 4 N–H and O–H groups in total. The van der Waals surface area contributed by atoms with E-state index in [0.717, 1.165) is 5.56 Å². The molecule has 1 atom stereocenters. The number of rotatable bonds is 8. The lowest BCUT2D eigenvalue weighted by atomic mass is 9.87. The van der Waals surface area contributed by atoms with Crippen molar-refractivity contribution in [3.63, 3.8) is 0 Å². The third-order valence-electron chi connectivity index (χ3n) is 4.67. The highest BCUT2D eigenvalue weighted by Crippen LogP contribution is 2.31. The molecule has 8 nitrogen and oxygen atoms in total. The summed E-state index contributed by atoms with van der Waals surface area (Å²) < 4.78 is 10.4. The van der Waals surface area contributed by atoms with Crippen LogP contribution in [-0.4, -0.2) is 31.6 Å². The van der Waals surface area contributed by atoms with E-state index in [-0.39, 0.29) is 11.8 Å². The number of carbonyl (C=O) groups is 3. The van der Waals surface area contributed by atoms with Crippen LogP contribution < -0.4 is 21.1 Å². The zero-order valence-corrected chi connectivity index (χ0v) is 19.3. The number of primary amides is 1. The standard InChI is InChI=1S/C23H28ClN3O5/c1-23(2,3)14-9-10-19(31-4)18(11-14)26-20(28)13-32-21(29)12-17(27-22(25)30)15-7-5-6-8-16(15)24/h5-11,17H,12-13H2,1-4H3,(H,26,28)(H3,25,27,30). The minimum atomic E-state index is -0.814. The third kappa shape index (κ3) is 7.16. The minimum Gasteiger partial charge on any atom is -0.495 e. The second kappa shape index (κ2) is 10.9. The third-order valence-corrected chi connectivity index (χ3v) is 5.02. The van der Waals surface area contributed by atoms with Crippen LogP contribution in [-0.2, 0) is 19.7 Å². The van der Waals surface area contributed by atoms with Crippen molar-refractivity contribution in [3.05, 3.63) is 58.6 Å². The molecule has 2 aromatic carbocycles. The molecule has 0 spiro atoms. The fourth-order valence-corrected chi connectivity index (χ4v) is 3.27. The van der Waals surface area contributed by atoms with E-state index in [9.17, 15) is 14.4 Å². The fourth-order valence-electron chi connectivity index (χ4n) is 3.00. The molecule has 172 valence electrons. The Morgan fingerprint density at radius 2 is 1.81 bits per heavy atom. The van der Waals surface area contributed by atoms with E-state index in [0.29, 0.717) is 22.0 Å². The number of anilines is 1. The van der Waals surface area contributed by atoms with Gasteiger partial charge in [-0.05, 0) is 34.7 Å². The molecule has 0 aliphatic heterocycles. The lowest BCUT2D eigenvalue weighted by Gasteiger charge is -2.21. The van der Waals surface area contributed by atoms with Gasteiger partial charge < -0.3 is 25.8 Å². The molecule has 3 amide bonds. The molecule has 0 heterocycles. The highest BCUT2D eigenvalue weighted by atomic mass is 35.5. The molecule has 2 rings (SSSR count). The molecule has 1 unspecified atom stereocenters. The summed E-state index contributed by atoms with van der Waals surface area (Å²) in [6, 6.07) is 10.6. The van der Waals surface area contributed by atoms with Crippen LogP contribution in [0.25, 0.3) is 0 Å². The number of carbonyl (C=O) groups excluding carboxylic acids is 3. The van der Waals surface area contributed by atoms with Crippen LogP contribution in [0.4, 0.5) is 10.5 Å². The monoisotopic (exact) mass is 461 g/mol. The van der Waals surface area contributed by atoms with Gasteiger partial charge in [-0.1, -0.05) is 56.6 Å². The Labute approximate surface area is 192 Å². The normalized spacial score (nSPS) is 11.9. The first-order chi connectivity index (χ1) is 15.0. The van der Waals surface area contributed by atoms with Gasteiger partial charge in [-0.25, -0.2) is 4.79 Å². The van der Waals surface area contributed by atoms with Gasteiger partial charge in [0.15, 0.2) is 6.61 Å². The van der Waals surface area contributed by atoms with Gasteiger partial charge in [0, 0.05) is 5.02 Å². The van der Waals surface area contributed by atoms with Crippen molar-refractivity contribution in [3.8, 4) is 5.75 Å². The number of urea groups is 1. The van der Waals surface area contributed by atoms with E-state index in [1.807, 2.05) is 12.1 Å². The minimum absolute atomic E-state index is 0.126. The molecule has 2 aromatic rings. The Bertz CT molecular complexity index is 988. The predicted molar refractivity (Wildman–Crippen MR) is 123 cm³/mol. The summed E-state index contributed by atoms with van der Waals surface area (Å²) >= 11 is 6.16. The maximum Gasteiger partial charge on any atom is 0.312 e. The molecule has 32 heavy (non-hydrogen) atoms. The number of hydrogen-bond donors (Lipinski definition) is 3. The van der Waals surface area contributed by atoms with Crippen molar-refractivity contribution in [2.45, 2.75) is 38.6 Å². The van der Waals surface area contributed by atoms with E-state index < -0.39 is 30.6 Å². The molecule has 0 bridgehead atoms. The van der Waals surface area contributed by atoms with Gasteiger partial charge in [0.25, 0.3) is 5.91 Å². The lowest BCUT2D eigenvalue weighted by molar-refractivity contribution is -0.147. The predicted octanol–water partition coefficient (Wildman–Crippen LogP) is 3.93. The number of methoxy groups -OCH3 is 1. The second-order valence-corrected chi connectivity index (χ2v) is 8.57. The van der Waals surface area contributed by atoms with Crippen molar-refractivity contribution in [1.29, 1.82) is 0 Å². The van der Waals surface area contributed by atoms with Gasteiger partial charge in [0.05, 0.1) is 25.3 Å². The zero-order chi connectivity index (χ0) is 23.9. The Kier molecular flexibility index (Phi) is 8.48. The summed E-state index contributed by atoms with van der Waals surface area (Å²) in [5.74, 6) is -0.740. The summed E-state index contributed by atoms with van der Waals surface area (Å²) in [5.41, 5.74) is 7.08. The SMILES string of the molecule is COc1ccc(C(C)(C)C)cc1NC(=O)COC(=O)CC(NC(N)=O)c1ccccc1Cl. The van der Waals surface area contributed by atoms with E-state index >= 15 is 0 Å². The van der Waals surface area contributed by atoms with Gasteiger partial charge in [-0.2, -0.15) is 0 Å². The molecule has 0 aromatic heterocycles. The molecule has 0 aliphatic carbocycles. The number of benzene rings is 2. The molecule has 0 aliphatic rings. The quantitative estimate of drug-likeness (QED) is 0.514. The highest BCUT2D eigenvalue weighted by molar-refractivity contribution is 6.31. The van der Waals surface area contributed by atoms with Crippen molar-refractivity contribution in [1.82, 2.24) is 5.32 Å². The van der Waals surface area contributed by atoms with Crippen molar-refractivity contribution < 1.29 is 23.9 Å². The van der Waals surface area contributed by atoms with Crippen LogP contribution in [0.2, 0.25) is 5.02 Å². The number of nitrogens with two attached hydrogens (primary N) is 1. The second-order valence-electron chi connectivity index (χ2n) is 8.16. The van der Waals surface area contributed by atoms with Crippen LogP contribution in [0.15, 0.2) is 42.5 Å². The first-order valence-corrected chi connectivity index (χ1v) is 10.3. The smallest absolute Gasteiger partial charge is 0.312 e. The van der Waals surface area contributed by atoms with E-state index in [4.69, 9.17) is 26.8 Å². The number of esters is 1. The summed E-state index contributed by atoms with van der Waals surface area (Å²) in [6.07, 6.45) is -0.247. The summed E-state index contributed by atoms with van der Waals surface area (Å²) in [7, 11) is 1.50. The Morgan fingerprint density at radius 1 is 1.12 bits per heavy atom. The molecule has 0 saturated heterocycles. The zero-order valence-electron chi connectivity index (χ0n) is 18.5. The van der Waals surface area contributed by atoms with Gasteiger partial charge in [0.2, 0.25) is 0 Å². The first-order valence-electron chi connectivity index (χ1n) is 9.95. The molecule has 0 fully saturated rings. The summed E-state index contributed by atoms with van der Waals surface area (Å²) in [6.45, 7) is 5.65. The van der Waals surface area contributed by atoms with Gasteiger partial charge in [0.1, 0.15) is 5.75 Å². The largest absolute Gasteiger partial charge is 0.495 e. The maximum absolute atomic E-state index is 12.4. The molecule has 0 saturated carbocycles. The molecular weight excluding hydrogens is 434 g/mol. The van der Waals surface area contributed by atoms with Gasteiger partial charge in [-0.15, -0.1) is 0 Å². The number of nitrogens with one attached hydrogen (secondary N) is 2. The molecule has 0 radical (unpaired) electrons. The average molecular weight is 462 g/mol. The van der Waals surface area contributed by atoms with E-state index in [1.165, 1.54) is 7.11 Å². The van der Waals surface area contributed by atoms with Crippen LogP contribution in [0.1, 0.15) is 44.4 Å². The number of halogens is 1. The van der Waals surface area contributed by atoms with Crippen LogP contribution in [0, 0.1) is 0 Å². The van der Waals surface area contributed by atoms with Crippen molar-refractivity contribution in [2.24, 2.45) is 5.73 Å². The first kappa shape index (κ1) is 25.0. The average Bonchev–Trinajstić information content (AvgIpc) is 2.71. The Balaban J connectivity index is 2.02. The van der Waals surface area contributed by atoms with Crippen molar-refractivity contribution in [2.75, 3.05) is 19.0 Å². The van der Waals surface area contributed by atoms with Crippen molar-refractivity contribution >= 4 is 35.2 Å². The fraction of sp³-hybridized carbons (Fsp3) is 0.348. The van der Waals surface area contributed by atoms with Crippen LogP contribution in [0.3, 0.4) is 0 Å². The van der Waals surface area contributed by atoms with E-state index in [2.05, 4.69) is 31.4 Å². The maximum atomic E-state index is 12.4. The number of hydrogen-bond acceptors (Lipinski definition) is 5. The molecule has 9 heteroatoms. The Morgan fingerprint density at radius 3 is 2.41 bits per heavy atom. The highest BCUT2D eigenvalue weighted by Gasteiger charge is 2.22.